The zero-order chi connectivity index (χ0) is 17.4. The molecule has 0 aliphatic carbocycles. The molecule has 25 heavy (non-hydrogen) atoms. The summed E-state index contributed by atoms with van der Waals surface area (Å²) in [5.74, 6) is 1.35. The van der Waals surface area contributed by atoms with Crippen molar-refractivity contribution >= 4 is 5.91 Å². The number of carbonyl (C=O) groups is 1. The molecular weight excluding hydrogens is 322 g/mol. The van der Waals surface area contributed by atoms with Crippen LogP contribution in [0.1, 0.15) is 48.1 Å². The van der Waals surface area contributed by atoms with E-state index in [1.54, 1.807) is 6.07 Å². The van der Waals surface area contributed by atoms with Crippen molar-refractivity contribution < 1.29 is 19.0 Å². The first kappa shape index (κ1) is 16.0. The predicted octanol–water partition coefficient (Wildman–Crippen LogP) is 2.41. The summed E-state index contributed by atoms with van der Waals surface area (Å²) < 4.78 is 18.6. The molecule has 0 saturated carbocycles. The zero-order valence-corrected chi connectivity index (χ0v) is 14.3. The van der Waals surface area contributed by atoms with E-state index < -0.39 is 0 Å². The van der Waals surface area contributed by atoms with Crippen molar-refractivity contribution in [1.82, 2.24) is 15.1 Å². The van der Waals surface area contributed by atoms with Gasteiger partial charge in [-0.15, -0.1) is 0 Å². The maximum Gasteiger partial charge on any atom is 0.271 e. The number of nitrogens with one attached hydrogen (secondary N) is 1. The van der Waals surface area contributed by atoms with Crippen molar-refractivity contribution in [3.05, 3.63) is 41.2 Å². The molecular formula is C18H21N3O4. The molecule has 1 amide bonds. The van der Waals surface area contributed by atoms with Crippen LogP contribution < -0.4 is 14.8 Å². The third kappa shape index (κ3) is 3.07. The number of aromatic nitrogens is 2. The highest BCUT2D eigenvalue weighted by atomic mass is 16.7. The van der Waals surface area contributed by atoms with Crippen molar-refractivity contribution in [2.24, 2.45) is 0 Å². The van der Waals surface area contributed by atoms with Gasteiger partial charge >= 0.3 is 0 Å². The fourth-order valence-electron chi connectivity index (χ4n) is 2.95. The van der Waals surface area contributed by atoms with Crippen molar-refractivity contribution in [2.45, 2.75) is 45.6 Å². The van der Waals surface area contributed by atoms with Crippen LogP contribution in [0.25, 0.3) is 0 Å². The Morgan fingerprint density at radius 1 is 1.36 bits per heavy atom. The molecule has 7 heteroatoms. The summed E-state index contributed by atoms with van der Waals surface area (Å²) in [7, 11) is 0. The summed E-state index contributed by atoms with van der Waals surface area (Å²) in [5, 5.41) is 7.40. The quantitative estimate of drug-likeness (QED) is 0.923. The van der Waals surface area contributed by atoms with Gasteiger partial charge in [-0.1, -0.05) is 13.0 Å². The molecule has 1 aromatic heterocycles. The van der Waals surface area contributed by atoms with Crippen LogP contribution in [0.2, 0.25) is 0 Å². The van der Waals surface area contributed by atoms with Crippen molar-refractivity contribution in [3.63, 3.8) is 0 Å². The van der Waals surface area contributed by atoms with E-state index in [0.29, 0.717) is 18.8 Å². The number of ether oxygens (including phenoxy) is 3. The number of amides is 1. The number of fused-ring (bicyclic) bond motifs is 2. The standard InChI is InChI=1S/C18H21N3O4/c1-3-11(2)19-18(22)14-7-13-9-23-17(8-21(13)20-14)12-4-5-15-16(6-12)25-10-24-15/h4-7,11,17H,3,8-10H2,1-2H3,(H,19,22). The Bertz CT molecular complexity index is 802. The summed E-state index contributed by atoms with van der Waals surface area (Å²) >= 11 is 0. The SMILES string of the molecule is CCC(C)NC(=O)c1cc2n(n1)CC(c1ccc3c(c1)OCO3)OC2. The van der Waals surface area contributed by atoms with Crippen LogP contribution in [0.3, 0.4) is 0 Å². The second kappa shape index (κ2) is 6.40. The average molecular weight is 343 g/mol. The van der Waals surface area contributed by atoms with E-state index in [-0.39, 0.29) is 24.8 Å². The van der Waals surface area contributed by atoms with Gasteiger partial charge in [-0.05, 0) is 37.1 Å². The Labute approximate surface area is 145 Å². The summed E-state index contributed by atoms with van der Waals surface area (Å²) in [5.41, 5.74) is 2.35. The highest BCUT2D eigenvalue weighted by molar-refractivity contribution is 5.92. The molecule has 2 unspecified atom stereocenters. The fraction of sp³-hybridized carbons (Fsp3) is 0.444. The smallest absolute Gasteiger partial charge is 0.271 e. The van der Waals surface area contributed by atoms with Gasteiger partial charge in [0.25, 0.3) is 5.91 Å². The van der Waals surface area contributed by atoms with E-state index in [9.17, 15) is 4.79 Å². The largest absolute Gasteiger partial charge is 0.454 e. The molecule has 0 saturated heterocycles. The van der Waals surface area contributed by atoms with Crippen LogP contribution >= 0.6 is 0 Å². The summed E-state index contributed by atoms with van der Waals surface area (Å²) in [6.45, 7) is 5.25. The molecule has 3 heterocycles. The van der Waals surface area contributed by atoms with Crippen LogP contribution in [0, 0.1) is 0 Å². The predicted molar refractivity (Wildman–Crippen MR) is 89.5 cm³/mol. The molecule has 2 atom stereocenters. The molecule has 0 spiro atoms. The van der Waals surface area contributed by atoms with Crippen LogP contribution in [-0.4, -0.2) is 28.5 Å². The average Bonchev–Trinajstić information content (AvgIpc) is 3.26. The molecule has 2 aromatic rings. The van der Waals surface area contributed by atoms with Gasteiger partial charge in [-0.2, -0.15) is 5.10 Å². The van der Waals surface area contributed by atoms with E-state index in [1.807, 2.05) is 36.7 Å². The van der Waals surface area contributed by atoms with Gasteiger partial charge in [0.2, 0.25) is 6.79 Å². The Hall–Kier alpha value is -2.54. The summed E-state index contributed by atoms with van der Waals surface area (Å²) in [4.78, 5) is 12.3. The van der Waals surface area contributed by atoms with Gasteiger partial charge in [0.05, 0.1) is 18.8 Å². The molecule has 0 radical (unpaired) electrons. The number of carbonyl (C=O) groups excluding carboxylic acids is 1. The van der Waals surface area contributed by atoms with Crippen LogP contribution in [-0.2, 0) is 17.9 Å². The number of hydrogen-bond donors (Lipinski definition) is 1. The lowest BCUT2D eigenvalue weighted by atomic mass is 10.1. The first-order valence-corrected chi connectivity index (χ1v) is 8.52. The van der Waals surface area contributed by atoms with Gasteiger partial charge in [0.15, 0.2) is 17.2 Å². The number of nitrogens with zero attached hydrogens (tertiary/aromatic N) is 2. The van der Waals surface area contributed by atoms with Crippen molar-refractivity contribution in [1.29, 1.82) is 0 Å². The highest BCUT2D eigenvalue weighted by Crippen LogP contribution is 2.36. The zero-order valence-electron chi connectivity index (χ0n) is 14.3. The molecule has 2 aliphatic heterocycles. The summed E-state index contributed by atoms with van der Waals surface area (Å²) in [6, 6.07) is 7.74. The van der Waals surface area contributed by atoms with Crippen LogP contribution in [0.4, 0.5) is 0 Å². The minimum absolute atomic E-state index is 0.129. The number of hydrogen-bond acceptors (Lipinski definition) is 5. The Balaban J connectivity index is 1.50. The lowest BCUT2D eigenvalue weighted by Crippen LogP contribution is -2.32. The second-order valence-corrected chi connectivity index (χ2v) is 6.40. The topological polar surface area (TPSA) is 74.6 Å². The molecule has 0 fully saturated rings. The molecule has 132 valence electrons. The lowest BCUT2D eigenvalue weighted by molar-refractivity contribution is -0.00128. The van der Waals surface area contributed by atoms with Gasteiger partial charge < -0.3 is 19.5 Å². The molecule has 4 rings (SSSR count). The fourth-order valence-corrected chi connectivity index (χ4v) is 2.95. The van der Waals surface area contributed by atoms with Crippen molar-refractivity contribution in [3.8, 4) is 11.5 Å². The van der Waals surface area contributed by atoms with Crippen molar-refractivity contribution in [2.75, 3.05) is 6.79 Å². The number of benzene rings is 1. The van der Waals surface area contributed by atoms with E-state index in [4.69, 9.17) is 14.2 Å². The van der Waals surface area contributed by atoms with Gasteiger partial charge in [0, 0.05) is 6.04 Å². The molecule has 7 nitrogen and oxygen atoms in total. The maximum atomic E-state index is 12.3. The Morgan fingerprint density at radius 3 is 3.04 bits per heavy atom. The van der Waals surface area contributed by atoms with Gasteiger partial charge in [-0.3, -0.25) is 9.48 Å². The molecule has 1 N–H and O–H groups in total. The minimum atomic E-state index is -0.143. The Morgan fingerprint density at radius 2 is 2.20 bits per heavy atom. The van der Waals surface area contributed by atoms with E-state index in [0.717, 1.165) is 29.2 Å². The van der Waals surface area contributed by atoms with E-state index in [1.165, 1.54) is 0 Å². The molecule has 1 aromatic carbocycles. The minimum Gasteiger partial charge on any atom is -0.454 e. The lowest BCUT2D eigenvalue weighted by Gasteiger charge is -2.24. The number of rotatable bonds is 4. The summed E-state index contributed by atoms with van der Waals surface area (Å²) in [6.07, 6.45) is 0.751. The first-order valence-electron chi connectivity index (χ1n) is 8.52. The second-order valence-electron chi connectivity index (χ2n) is 6.40. The normalized spacial score (nSPS) is 19.4. The van der Waals surface area contributed by atoms with Gasteiger partial charge in [0.1, 0.15) is 6.10 Å². The van der Waals surface area contributed by atoms with Crippen LogP contribution in [0.15, 0.2) is 24.3 Å². The van der Waals surface area contributed by atoms with Crippen LogP contribution in [0.5, 0.6) is 11.5 Å². The third-order valence-electron chi connectivity index (χ3n) is 4.63. The van der Waals surface area contributed by atoms with E-state index >= 15 is 0 Å². The third-order valence-corrected chi connectivity index (χ3v) is 4.63. The van der Waals surface area contributed by atoms with E-state index in [2.05, 4.69) is 10.4 Å². The highest BCUT2D eigenvalue weighted by Gasteiger charge is 2.26. The maximum absolute atomic E-state index is 12.3. The molecule has 0 bridgehead atoms. The molecule has 2 aliphatic rings. The Kier molecular flexibility index (Phi) is 4.09. The first-order chi connectivity index (χ1) is 12.1. The van der Waals surface area contributed by atoms with Gasteiger partial charge in [-0.25, -0.2) is 0 Å². The monoisotopic (exact) mass is 343 g/mol.